The molecule has 0 bridgehead atoms. The molecule has 1 aliphatic heterocycles. The zero-order valence-corrected chi connectivity index (χ0v) is 9.48. The molecule has 78 valence electrons. The Bertz CT molecular complexity index is 422. The largest absolute Gasteiger partial charge is 0.381 e. The van der Waals surface area contributed by atoms with Crippen LogP contribution in [0.25, 0.3) is 0 Å². The number of hydrogen-bond acceptors (Lipinski definition) is 2. The Morgan fingerprint density at radius 1 is 1.47 bits per heavy atom. The van der Waals surface area contributed by atoms with E-state index in [1.54, 1.807) is 6.07 Å². The first-order valence-electron chi connectivity index (χ1n) is 4.93. The fourth-order valence-corrected chi connectivity index (χ4v) is 1.96. The molecule has 1 heterocycles. The first-order valence-corrected chi connectivity index (χ1v) is 5.31. The van der Waals surface area contributed by atoms with Crippen molar-refractivity contribution in [1.29, 1.82) is 0 Å². The average molecular weight is 222 g/mol. The lowest BCUT2D eigenvalue weighted by Crippen LogP contribution is -2.21. The highest BCUT2D eigenvalue weighted by atomic mass is 35.5. The Labute approximate surface area is 94.6 Å². The molecule has 3 nitrogen and oxygen atoms in total. The van der Waals surface area contributed by atoms with Crippen LogP contribution in [0, 0.1) is 0 Å². The van der Waals surface area contributed by atoms with E-state index in [1.165, 1.54) is 0 Å². The summed E-state index contributed by atoms with van der Waals surface area (Å²) in [6, 6.07) is 3.87. The average Bonchev–Trinajstić information content (AvgIpc) is 2.31. The predicted molar refractivity (Wildman–Crippen MR) is 66.0 cm³/mol. The number of rotatable bonds is 0. The van der Waals surface area contributed by atoms with Crippen molar-refractivity contribution in [3.63, 3.8) is 0 Å². The zero-order chi connectivity index (χ0) is 11.0. The number of fused-ring (bicyclic) bond motifs is 1. The molecular weight excluding hydrogens is 210 g/mol. The summed E-state index contributed by atoms with van der Waals surface area (Å²) >= 11 is 6.04. The van der Waals surface area contributed by atoms with Crippen molar-refractivity contribution in [3.05, 3.63) is 17.2 Å². The number of anilines is 2. The molecule has 1 aliphatic rings. The minimum atomic E-state index is 0.00116. The van der Waals surface area contributed by atoms with E-state index in [2.05, 4.69) is 10.6 Å². The lowest BCUT2D eigenvalue weighted by atomic mass is 9.93. The molecule has 0 spiro atoms. The molecule has 1 atom stereocenters. The number of carbonyl (C=O) groups is 1. The van der Waals surface area contributed by atoms with Crippen molar-refractivity contribution in [2.24, 2.45) is 0 Å². The summed E-state index contributed by atoms with van der Waals surface area (Å²) < 4.78 is 0. The molecule has 0 saturated carbocycles. The maximum atomic E-state index is 11.5. The van der Waals surface area contributed by atoms with Crippen LogP contribution in [0.1, 0.15) is 13.3 Å². The van der Waals surface area contributed by atoms with E-state index in [9.17, 15) is 4.79 Å². The van der Waals surface area contributed by atoms with Crippen molar-refractivity contribution in [3.8, 4) is 0 Å². The van der Waals surface area contributed by atoms with Gasteiger partial charge in [0.15, 0.2) is 0 Å². The monoisotopic (exact) mass is 222 g/mol. The highest BCUT2D eigenvalue weighted by Gasteiger charge is 2.20. The van der Waals surface area contributed by atoms with Gasteiger partial charge < -0.3 is 10.6 Å². The van der Waals surface area contributed by atoms with Gasteiger partial charge in [0.2, 0.25) is 5.91 Å². The van der Waals surface area contributed by atoms with Crippen molar-refractivity contribution in [2.75, 3.05) is 10.6 Å². The fourth-order valence-electron chi connectivity index (χ4n) is 1.76. The molecule has 0 aliphatic carbocycles. The van der Waals surface area contributed by atoms with Crippen LogP contribution >= 0.6 is 11.6 Å². The normalized spacial score (nSPS) is 19.9. The number of amides is 1. The van der Waals surface area contributed by atoms with Crippen LogP contribution in [0.4, 0.5) is 11.4 Å². The van der Waals surface area contributed by atoms with Gasteiger partial charge in [-0.3, -0.25) is 4.79 Å². The van der Waals surface area contributed by atoms with Crippen molar-refractivity contribution in [1.82, 2.24) is 0 Å². The second-order valence-electron chi connectivity index (χ2n) is 3.91. The summed E-state index contributed by atoms with van der Waals surface area (Å²) in [5.41, 5.74) is 2.72. The van der Waals surface area contributed by atoms with Gasteiger partial charge in [-0.05, 0) is 13.0 Å². The summed E-state index contributed by atoms with van der Waals surface area (Å²) in [5.74, 6) is 0.00116. The van der Waals surface area contributed by atoms with Gasteiger partial charge in [-0.15, -0.1) is 0 Å². The van der Waals surface area contributed by atoms with E-state index in [4.69, 9.17) is 11.6 Å². The van der Waals surface area contributed by atoms with E-state index < -0.39 is 0 Å². The SMILES string of the molecule is Bc1ccc(Cl)c2c1N[C@H](C)CC(=O)N2. The maximum absolute atomic E-state index is 11.5. The van der Waals surface area contributed by atoms with Crippen LogP contribution in [0.5, 0.6) is 0 Å². The van der Waals surface area contributed by atoms with Crippen LogP contribution in [-0.4, -0.2) is 19.8 Å². The summed E-state index contributed by atoms with van der Waals surface area (Å²) in [6.07, 6.45) is 0.463. The molecule has 0 aromatic heterocycles. The molecule has 15 heavy (non-hydrogen) atoms. The van der Waals surface area contributed by atoms with Crippen LogP contribution in [0.3, 0.4) is 0 Å². The smallest absolute Gasteiger partial charge is 0.226 e. The van der Waals surface area contributed by atoms with E-state index in [-0.39, 0.29) is 11.9 Å². The zero-order valence-electron chi connectivity index (χ0n) is 8.73. The fraction of sp³-hybridized carbons (Fsp3) is 0.300. The molecule has 5 heteroatoms. The van der Waals surface area contributed by atoms with E-state index >= 15 is 0 Å². The van der Waals surface area contributed by atoms with Crippen LogP contribution in [-0.2, 0) is 4.79 Å². The van der Waals surface area contributed by atoms with Crippen LogP contribution in [0.15, 0.2) is 12.1 Å². The molecule has 0 saturated heterocycles. The van der Waals surface area contributed by atoms with Gasteiger partial charge in [0.1, 0.15) is 7.85 Å². The van der Waals surface area contributed by atoms with E-state index in [1.807, 2.05) is 20.8 Å². The quantitative estimate of drug-likeness (QED) is 0.636. The summed E-state index contributed by atoms with van der Waals surface area (Å²) in [5, 5.41) is 6.70. The number of nitrogens with one attached hydrogen (secondary N) is 2. The number of carbonyl (C=O) groups excluding carboxylic acids is 1. The second-order valence-corrected chi connectivity index (χ2v) is 4.32. The Morgan fingerprint density at radius 3 is 2.93 bits per heavy atom. The molecule has 0 radical (unpaired) electrons. The standard InChI is InChI=1S/C10H12BClN2O/c1-5-4-8(15)14-10-7(12)3-2-6(11)9(10)13-5/h2-3,5,13H,4,11H2,1H3,(H,14,15)/t5-/m1/s1. The third-order valence-corrected chi connectivity index (χ3v) is 2.82. The van der Waals surface area contributed by atoms with Crippen molar-refractivity contribution in [2.45, 2.75) is 19.4 Å². The Balaban J connectivity index is 2.54. The van der Waals surface area contributed by atoms with Gasteiger partial charge in [-0.25, -0.2) is 0 Å². The second kappa shape index (κ2) is 3.78. The molecule has 0 fully saturated rings. The minimum Gasteiger partial charge on any atom is -0.381 e. The highest BCUT2D eigenvalue weighted by molar-refractivity contribution is 6.40. The highest BCUT2D eigenvalue weighted by Crippen LogP contribution is 2.31. The molecular formula is C10H12BClN2O. The Hall–Kier alpha value is -1.16. The van der Waals surface area contributed by atoms with Crippen molar-refractivity contribution >= 4 is 42.2 Å². The number of halogens is 1. The van der Waals surface area contributed by atoms with Crippen LogP contribution in [0.2, 0.25) is 5.02 Å². The summed E-state index contributed by atoms with van der Waals surface area (Å²) in [4.78, 5) is 11.5. The van der Waals surface area contributed by atoms with E-state index in [0.29, 0.717) is 17.1 Å². The Morgan fingerprint density at radius 2 is 2.20 bits per heavy atom. The molecule has 0 unspecified atom stereocenters. The topological polar surface area (TPSA) is 41.1 Å². The van der Waals surface area contributed by atoms with Crippen LogP contribution < -0.4 is 16.1 Å². The summed E-state index contributed by atoms with van der Waals surface area (Å²) in [6.45, 7) is 1.98. The molecule has 2 N–H and O–H groups in total. The molecule has 1 aromatic rings. The minimum absolute atomic E-state index is 0.00116. The third-order valence-electron chi connectivity index (χ3n) is 2.51. The molecule has 1 amide bonds. The first kappa shape index (κ1) is 10.4. The van der Waals surface area contributed by atoms with Gasteiger partial charge in [0, 0.05) is 12.5 Å². The van der Waals surface area contributed by atoms with Gasteiger partial charge in [-0.1, -0.05) is 23.1 Å². The molecule has 2 rings (SSSR count). The number of benzene rings is 1. The first-order chi connectivity index (χ1) is 7.08. The third kappa shape index (κ3) is 1.95. The van der Waals surface area contributed by atoms with Gasteiger partial charge >= 0.3 is 0 Å². The van der Waals surface area contributed by atoms with Crippen molar-refractivity contribution < 1.29 is 4.79 Å². The van der Waals surface area contributed by atoms with Gasteiger partial charge in [0.05, 0.1) is 16.4 Å². The van der Waals surface area contributed by atoms with Gasteiger partial charge in [-0.2, -0.15) is 0 Å². The predicted octanol–water partition coefficient (Wildman–Crippen LogP) is 0.741. The summed E-state index contributed by atoms with van der Waals surface area (Å²) in [7, 11) is 1.99. The lowest BCUT2D eigenvalue weighted by molar-refractivity contribution is -0.116. The maximum Gasteiger partial charge on any atom is 0.226 e. The Kier molecular flexibility index (Phi) is 2.61. The molecule has 1 aromatic carbocycles. The lowest BCUT2D eigenvalue weighted by Gasteiger charge is -2.15. The van der Waals surface area contributed by atoms with Gasteiger partial charge in [0.25, 0.3) is 0 Å². The van der Waals surface area contributed by atoms with E-state index in [0.717, 1.165) is 11.2 Å². The number of hydrogen-bond donors (Lipinski definition) is 2.